The molecule has 0 radical (unpaired) electrons. The third-order valence-corrected chi connectivity index (χ3v) is 4.50. The quantitative estimate of drug-likeness (QED) is 0.837. The monoisotopic (exact) mass is 290 g/mol. The van der Waals surface area contributed by atoms with E-state index in [1.165, 1.54) is 6.42 Å². The molecule has 0 saturated carbocycles. The molecule has 1 aliphatic heterocycles. The minimum atomic E-state index is -0.0175. The summed E-state index contributed by atoms with van der Waals surface area (Å²) >= 11 is 5.07. The molecule has 1 aliphatic rings. The van der Waals surface area contributed by atoms with Gasteiger partial charge in [0.05, 0.1) is 5.60 Å². The highest BCUT2D eigenvalue weighted by Gasteiger charge is 2.31. The van der Waals surface area contributed by atoms with Crippen LogP contribution in [0.25, 0.3) is 0 Å². The first-order valence-electron chi connectivity index (χ1n) is 5.04. The molecular weight excluding hydrogens is 276 g/mol. The Morgan fingerprint density at radius 3 is 3.07 bits per heavy atom. The third-order valence-electron chi connectivity index (χ3n) is 2.89. The van der Waals surface area contributed by atoms with E-state index in [9.17, 15) is 0 Å². The van der Waals surface area contributed by atoms with Crippen molar-refractivity contribution in [3.05, 3.63) is 9.98 Å². The topological polar surface area (TPSA) is 25.4 Å². The van der Waals surface area contributed by atoms with Gasteiger partial charge >= 0.3 is 0 Å². The van der Waals surface area contributed by atoms with Gasteiger partial charge in [-0.1, -0.05) is 0 Å². The van der Waals surface area contributed by atoms with E-state index < -0.39 is 0 Å². The molecule has 3 nitrogen and oxygen atoms in total. The maximum atomic E-state index is 5.56. The van der Waals surface area contributed by atoms with Crippen LogP contribution in [-0.2, 0) is 4.74 Å². The second kappa shape index (κ2) is 4.39. The second-order valence-corrected chi connectivity index (χ2v) is 5.78. The van der Waals surface area contributed by atoms with Crippen molar-refractivity contribution in [2.75, 3.05) is 25.1 Å². The van der Waals surface area contributed by atoms with Crippen LogP contribution in [0.5, 0.6) is 0 Å². The number of ether oxygens (including phenoxy) is 1. The van der Waals surface area contributed by atoms with Gasteiger partial charge in [0.15, 0.2) is 5.13 Å². The minimum absolute atomic E-state index is 0.0175. The second-order valence-electron chi connectivity index (χ2n) is 4.13. The van der Waals surface area contributed by atoms with Crippen LogP contribution in [0, 0.1) is 0 Å². The average Bonchev–Trinajstić information content (AvgIpc) is 2.65. The van der Waals surface area contributed by atoms with E-state index in [4.69, 9.17) is 4.74 Å². The lowest BCUT2D eigenvalue weighted by atomic mass is 9.95. The fraction of sp³-hybridized carbons (Fsp3) is 0.700. The summed E-state index contributed by atoms with van der Waals surface area (Å²) in [5, 5.41) is 3.11. The molecule has 0 spiro atoms. The van der Waals surface area contributed by atoms with Crippen molar-refractivity contribution in [3.63, 3.8) is 0 Å². The van der Waals surface area contributed by atoms with Gasteiger partial charge in [-0.05, 0) is 35.7 Å². The first-order valence-corrected chi connectivity index (χ1v) is 6.71. The summed E-state index contributed by atoms with van der Waals surface area (Å²) in [4.78, 5) is 6.75. The van der Waals surface area contributed by atoms with Gasteiger partial charge in [0.2, 0.25) is 0 Å². The molecular formula is C10H15BrN2OS. The maximum absolute atomic E-state index is 5.56. The van der Waals surface area contributed by atoms with Crippen LogP contribution >= 0.6 is 27.3 Å². The van der Waals surface area contributed by atoms with Crippen molar-refractivity contribution in [3.8, 4) is 0 Å². The number of aromatic nitrogens is 1. The number of hydrogen-bond donors (Lipinski definition) is 0. The first kappa shape index (κ1) is 11.4. The van der Waals surface area contributed by atoms with Gasteiger partial charge in [0.25, 0.3) is 0 Å². The smallest absolute Gasteiger partial charge is 0.186 e. The molecule has 1 atom stereocenters. The van der Waals surface area contributed by atoms with Crippen molar-refractivity contribution < 1.29 is 4.74 Å². The number of thiazole rings is 1. The Kier molecular flexibility index (Phi) is 3.33. The Balaban J connectivity index is 2.11. The third kappa shape index (κ3) is 2.52. The number of methoxy groups -OCH3 is 1. The van der Waals surface area contributed by atoms with E-state index in [1.54, 1.807) is 18.4 Å². The fourth-order valence-electron chi connectivity index (χ4n) is 1.93. The number of halogens is 1. The Hall–Kier alpha value is -0.130. The number of rotatable bonds is 2. The van der Waals surface area contributed by atoms with Crippen LogP contribution in [0.4, 0.5) is 5.13 Å². The van der Waals surface area contributed by atoms with E-state index >= 15 is 0 Å². The largest absolute Gasteiger partial charge is 0.377 e. The van der Waals surface area contributed by atoms with Crippen molar-refractivity contribution in [1.82, 2.24) is 4.98 Å². The van der Waals surface area contributed by atoms with Crippen LogP contribution in [-0.4, -0.2) is 30.8 Å². The lowest BCUT2D eigenvalue weighted by Crippen LogP contribution is -2.47. The molecule has 84 valence electrons. The number of nitrogens with zero attached hydrogens (tertiary/aromatic N) is 2. The van der Waals surface area contributed by atoms with Crippen LogP contribution in [0.15, 0.2) is 9.98 Å². The molecule has 1 unspecified atom stereocenters. The molecule has 15 heavy (non-hydrogen) atoms. The van der Waals surface area contributed by atoms with Crippen molar-refractivity contribution in [2.24, 2.45) is 0 Å². The molecule has 2 heterocycles. The molecule has 0 amide bonds. The van der Waals surface area contributed by atoms with E-state index in [0.717, 1.165) is 29.2 Å². The molecule has 1 aromatic heterocycles. The van der Waals surface area contributed by atoms with Crippen LogP contribution < -0.4 is 4.90 Å². The van der Waals surface area contributed by atoms with E-state index in [2.05, 4.69) is 32.7 Å². The number of hydrogen-bond acceptors (Lipinski definition) is 4. The zero-order valence-corrected chi connectivity index (χ0v) is 11.4. The lowest BCUT2D eigenvalue weighted by molar-refractivity contribution is -0.00466. The van der Waals surface area contributed by atoms with Crippen molar-refractivity contribution >= 4 is 32.4 Å². The van der Waals surface area contributed by atoms with Crippen LogP contribution in [0.3, 0.4) is 0 Å². The lowest BCUT2D eigenvalue weighted by Gasteiger charge is -2.39. The zero-order valence-electron chi connectivity index (χ0n) is 8.99. The van der Waals surface area contributed by atoms with Gasteiger partial charge in [0, 0.05) is 25.6 Å². The van der Waals surface area contributed by atoms with Gasteiger partial charge in [-0.2, -0.15) is 0 Å². The van der Waals surface area contributed by atoms with E-state index in [0.29, 0.717) is 0 Å². The summed E-state index contributed by atoms with van der Waals surface area (Å²) in [5.41, 5.74) is -0.0175. The van der Waals surface area contributed by atoms with Gasteiger partial charge in [-0.25, -0.2) is 4.98 Å². The molecule has 0 aromatic carbocycles. The van der Waals surface area contributed by atoms with Crippen LogP contribution in [0.2, 0.25) is 0 Å². The maximum Gasteiger partial charge on any atom is 0.186 e. The summed E-state index contributed by atoms with van der Waals surface area (Å²) in [7, 11) is 1.79. The molecule has 1 aromatic rings. The Morgan fingerprint density at radius 2 is 2.47 bits per heavy atom. The van der Waals surface area contributed by atoms with Gasteiger partial charge < -0.3 is 9.64 Å². The highest BCUT2D eigenvalue weighted by atomic mass is 79.9. The summed E-state index contributed by atoms with van der Waals surface area (Å²) in [5.74, 6) is 0. The molecule has 5 heteroatoms. The Bertz CT molecular complexity index is 344. The number of anilines is 1. The SMILES string of the molecule is COC1(C)CCCN(c2nc(Br)cs2)C1. The Morgan fingerprint density at radius 1 is 1.67 bits per heavy atom. The fourth-order valence-corrected chi connectivity index (χ4v) is 3.20. The first-order chi connectivity index (χ1) is 7.13. The molecule has 0 aliphatic carbocycles. The molecule has 2 rings (SSSR count). The van der Waals surface area contributed by atoms with E-state index in [1.807, 2.05) is 5.38 Å². The van der Waals surface area contributed by atoms with Gasteiger partial charge in [0.1, 0.15) is 4.60 Å². The van der Waals surface area contributed by atoms with Crippen molar-refractivity contribution in [2.45, 2.75) is 25.4 Å². The van der Waals surface area contributed by atoms with Crippen molar-refractivity contribution in [1.29, 1.82) is 0 Å². The molecule has 1 saturated heterocycles. The average molecular weight is 291 g/mol. The summed E-state index contributed by atoms with van der Waals surface area (Å²) in [6.07, 6.45) is 2.30. The highest BCUT2D eigenvalue weighted by molar-refractivity contribution is 9.10. The van der Waals surface area contributed by atoms with Gasteiger partial charge in [-0.3, -0.25) is 0 Å². The predicted molar refractivity (Wildman–Crippen MR) is 66.7 cm³/mol. The molecule has 0 bridgehead atoms. The molecule has 0 N–H and O–H groups in total. The van der Waals surface area contributed by atoms with E-state index in [-0.39, 0.29) is 5.60 Å². The standard InChI is InChI=1S/C10H15BrN2OS/c1-10(14-2)4-3-5-13(7-10)9-12-8(11)6-15-9/h6H,3-5,7H2,1-2H3. The zero-order chi connectivity index (χ0) is 10.9. The minimum Gasteiger partial charge on any atom is -0.377 e. The van der Waals surface area contributed by atoms with Crippen LogP contribution in [0.1, 0.15) is 19.8 Å². The summed E-state index contributed by atoms with van der Waals surface area (Å²) < 4.78 is 6.48. The highest BCUT2D eigenvalue weighted by Crippen LogP contribution is 2.30. The van der Waals surface area contributed by atoms with Gasteiger partial charge in [-0.15, -0.1) is 11.3 Å². The Labute approximate surface area is 103 Å². The predicted octanol–water partition coefficient (Wildman–Crippen LogP) is 2.91. The number of piperidine rings is 1. The normalized spacial score (nSPS) is 27.0. The summed E-state index contributed by atoms with van der Waals surface area (Å²) in [6.45, 7) is 4.18. The molecule has 1 fully saturated rings. The summed E-state index contributed by atoms with van der Waals surface area (Å²) in [6, 6.07) is 0.